The molecule has 0 aliphatic rings. The minimum absolute atomic E-state index is 0.0661. The van der Waals surface area contributed by atoms with Gasteiger partial charge in [0.2, 0.25) is 5.91 Å². The van der Waals surface area contributed by atoms with Crippen LogP contribution in [0.2, 0.25) is 0 Å². The van der Waals surface area contributed by atoms with Crippen molar-refractivity contribution in [1.29, 1.82) is 0 Å². The lowest BCUT2D eigenvalue weighted by atomic mass is 10.3. The topological polar surface area (TPSA) is 66.4 Å². The first-order valence-corrected chi connectivity index (χ1v) is 5.84. The standard InChI is InChI=1S/C11H13NO3S/c1-8(16-7-10(13)14)11(15)12-9-5-3-2-4-6-9/h2-6,8H,7H2,1H3,(H,12,15)(H,13,14). The molecule has 1 aromatic carbocycles. The van der Waals surface area contributed by atoms with Gasteiger partial charge in [0.1, 0.15) is 0 Å². The van der Waals surface area contributed by atoms with Crippen LogP contribution in [0.1, 0.15) is 6.92 Å². The van der Waals surface area contributed by atoms with E-state index in [0.717, 1.165) is 17.4 Å². The van der Waals surface area contributed by atoms with E-state index < -0.39 is 5.97 Å². The first-order chi connectivity index (χ1) is 7.59. The number of rotatable bonds is 5. The van der Waals surface area contributed by atoms with Gasteiger partial charge in [0.05, 0.1) is 11.0 Å². The molecule has 1 aromatic rings. The summed E-state index contributed by atoms with van der Waals surface area (Å²) in [7, 11) is 0. The third-order valence-electron chi connectivity index (χ3n) is 1.87. The van der Waals surface area contributed by atoms with E-state index in [1.165, 1.54) is 0 Å². The molecule has 0 fully saturated rings. The van der Waals surface area contributed by atoms with Gasteiger partial charge in [0, 0.05) is 5.69 Å². The van der Waals surface area contributed by atoms with Crippen molar-refractivity contribution < 1.29 is 14.7 Å². The third-order valence-corrected chi connectivity index (χ3v) is 3.00. The van der Waals surface area contributed by atoms with Gasteiger partial charge in [0.15, 0.2) is 0 Å². The van der Waals surface area contributed by atoms with Crippen molar-refractivity contribution in [3.8, 4) is 0 Å². The number of para-hydroxylation sites is 1. The number of benzene rings is 1. The SMILES string of the molecule is CC(SCC(=O)O)C(=O)Nc1ccccc1. The van der Waals surface area contributed by atoms with Gasteiger partial charge < -0.3 is 10.4 Å². The van der Waals surface area contributed by atoms with Crippen molar-refractivity contribution in [2.45, 2.75) is 12.2 Å². The molecule has 0 aliphatic carbocycles. The van der Waals surface area contributed by atoms with Crippen LogP contribution in [0.15, 0.2) is 30.3 Å². The quantitative estimate of drug-likeness (QED) is 0.822. The van der Waals surface area contributed by atoms with E-state index in [4.69, 9.17) is 5.11 Å². The largest absolute Gasteiger partial charge is 0.481 e. The van der Waals surface area contributed by atoms with E-state index in [1.807, 2.05) is 18.2 Å². The predicted molar refractivity (Wildman–Crippen MR) is 64.6 cm³/mol. The molecule has 0 bridgehead atoms. The number of nitrogens with one attached hydrogen (secondary N) is 1. The maximum Gasteiger partial charge on any atom is 0.313 e. The highest BCUT2D eigenvalue weighted by atomic mass is 32.2. The molecule has 1 amide bonds. The maximum atomic E-state index is 11.6. The fraction of sp³-hybridized carbons (Fsp3) is 0.273. The molecule has 0 heterocycles. The van der Waals surface area contributed by atoms with Crippen LogP contribution >= 0.6 is 11.8 Å². The van der Waals surface area contributed by atoms with Gasteiger partial charge in [-0.15, -0.1) is 11.8 Å². The second-order valence-electron chi connectivity index (χ2n) is 3.20. The molecular weight excluding hydrogens is 226 g/mol. The lowest BCUT2D eigenvalue weighted by molar-refractivity contribution is -0.133. The molecule has 0 radical (unpaired) electrons. The number of anilines is 1. The highest BCUT2D eigenvalue weighted by molar-refractivity contribution is 8.01. The summed E-state index contributed by atoms with van der Waals surface area (Å²) in [5.41, 5.74) is 0.718. The molecule has 1 rings (SSSR count). The molecule has 0 saturated heterocycles. The lowest BCUT2D eigenvalue weighted by Gasteiger charge is -2.10. The Hall–Kier alpha value is -1.49. The van der Waals surface area contributed by atoms with Gasteiger partial charge in [-0.2, -0.15) is 0 Å². The zero-order valence-electron chi connectivity index (χ0n) is 8.84. The Kier molecular flexibility index (Phi) is 4.85. The van der Waals surface area contributed by atoms with Crippen LogP contribution in [0.3, 0.4) is 0 Å². The molecule has 1 atom stereocenters. The van der Waals surface area contributed by atoms with Crippen LogP contribution in [0.25, 0.3) is 0 Å². The van der Waals surface area contributed by atoms with Crippen molar-refractivity contribution >= 4 is 29.3 Å². The molecule has 2 N–H and O–H groups in total. The van der Waals surface area contributed by atoms with Gasteiger partial charge in [-0.25, -0.2) is 0 Å². The summed E-state index contributed by atoms with van der Waals surface area (Å²) in [6.45, 7) is 1.69. The summed E-state index contributed by atoms with van der Waals surface area (Å²) in [6.07, 6.45) is 0. The summed E-state index contributed by atoms with van der Waals surface area (Å²) >= 11 is 1.10. The van der Waals surface area contributed by atoms with Gasteiger partial charge in [0.25, 0.3) is 0 Å². The normalized spacial score (nSPS) is 11.8. The van der Waals surface area contributed by atoms with Gasteiger partial charge in [-0.1, -0.05) is 18.2 Å². The Balaban J connectivity index is 2.43. The van der Waals surface area contributed by atoms with E-state index in [1.54, 1.807) is 19.1 Å². The van der Waals surface area contributed by atoms with Crippen molar-refractivity contribution in [2.24, 2.45) is 0 Å². The van der Waals surface area contributed by atoms with Crippen LogP contribution in [-0.4, -0.2) is 28.0 Å². The Morgan fingerprint density at radius 2 is 2.00 bits per heavy atom. The van der Waals surface area contributed by atoms with Crippen LogP contribution < -0.4 is 5.32 Å². The van der Waals surface area contributed by atoms with Crippen molar-refractivity contribution in [3.05, 3.63) is 30.3 Å². The summed E-state index contributed by atoms with van der Waals surface area (Å²) in [5, 5.41) is 10.8. The highest BCUT2D eigenvalue weighted by Crippen LogP contribution is 2.13. The van der Waals surface area contributed by atoms with Crippen LogP contribution in [0, 0.1) is 0 Å². The van der Waals surface area contributed by atoms with Gasteiger partial charge in [-0.3, -0.25) is 9.59 Å². The summed E-state index contributed by atoms with van der Waals surface area (Å²) in [5.74, 6) is -1.16. The minimum Gasteiger partial charge on any atom is -0.481 e. The number of aliphatic carboxylic acids is 1. The van der Waals surface area contributed by atoms with Crippen LogP contribution in [-0.2, 0) is 9.59 Å². The zero-order valence-corrected chi connectivity index (χ0v) is 9.66. The number of amides is 1. The first-order valence-electron chi connectivity index (χ1n) is 4.79. The van der Waals surface area contributed by atoms with Crippen molar-refractivity contribution in [1.82, 2.24) is 0 Å². The summed E-state index contributed by atoms with van der Waals surface area (Å²) < 4.78 is 0. The molecule has 0 spiro atoms. The number of carbonyl (C=O) groups is 2. The van der Waals surface area contributed by atoms with Gasteiger partial charge in [-0.05, 0) is 19.1 Å². The highest BCUT2D eigenvalue weighted by Gasteiger charge is 2.14. The Morgan fingerprint density at radius 1 is 1.38 bits per heavy atom. The molecule has 16 heavy (non-hydrogen) atoms. The van der Waals surface area contributed by atoms with Crippen molar-refractivity contribution in [2.75, 3.05) is 11.1 Å². The molecule has 5 heteroatoms. The van der Waals surface area contributed by atoms with E-state index in [2.05, 4.69) is 5.32 Å². The second kappa shape index (κ2) is 6.17. The fourth-order valence-corrected chi connectivity index (χ4v) is 1.64. The number of carbonyl (C=O) groups excluding carboxylic acids is 1. The smallest absolute Gasteiger partial charge is 0.313 e. The fourth-order valence-electron chi connectivity index (χ4n) is 1.04. The molecule has 86 valence electrons. The average molecular weight is 239 g/mol. The molecule has 0 aromatic heterocycles. The number of carboxylic acids is 1. The second-order valence-corrected chi connectivity index (χ2v) is 4.53. The monoisotopic (exact) mass is 239 g/mol. The van der Waals surface area contributed by atoms with Crippen LogP contribution in [0.4, 0.5) is 5.69 Å². The Bertz CT molecular complexity index is 367. The number of carboxylic acid groups (broad SMARTS) is 1. The summed E-state index contributed by atoms with van der Waals surface area (Å²) in [6, 6.07) is 9.08. The number of thioether (sulfide) groups is 1. The molecule has 0 aliphatic heterocycles. The molecule has 4 nitrogen and oxygen atoms in total. The zero-order chi connectivity index (χ0) is 12.0. The van der Waals surface area contributed by atoms with Crippen molar-refractivity contribution in [3.63, 3.8) is 0 Å². The summed E-state index contributed by atoms with van der Waals surface area (Å²) in [4.78, 5) is 21.9. The predicted octanol–water partition coefficient (Wildman–Crippen LogP) is 1.83. The maximum absolute atomic E-state index is 11.6. The van der Waals surface area contributed by atoms with E-state index in [0.29, 0.717) is 0 Å². The van der Waals surface area contributed by atoms with E-state index >= 15 is 0 Å². The van der Waals surface area contributed by atoms with Gasteiger partial charge >= 0.3 is 5.97 Å². The first kappa shape index (κ1) is 12.6. The average Bonchev–Trinajstić information content (AvgIpc) is 2.27. The molecule has 1 unspecified atom stereocenters. The number of hydrogen-bond donors (Lipinski definition) is 2. The Morgan fingerprint density at radius 3 is 2.56 bits per heavy atom. The molecular formula is C11H13NO3S. The number of hydrogen-bond acceptors (Lipinski definition) is 3. The van der Waals surface area contributed by atoms with Crippen LogP contribution in [0.5, 0.6) is 0 Å². The van der Waals surface area contributed by atoms with E-state index in [-0.39, 0.29) is 16.9 Å². The minimum atomic E-state index is -0.913. The Labute approximate surface area is 98.0 Å². The molecule has 0 saturated carbocycles. The van der Waals surface area contributed by atoms with E-state index in [9.17, 15) is 9.59 Å². The lowest BCUT2D eigenvalue weighted by Crippen LogP contribution is -2.23. The third kappa shape index (κ3) is 4.35.